The van der Waals surface area contributed by atoms with E-state index in [2.05, 4.69) is 30.7 Å². The van der Waals surface area contributed by atoms with Gasteiger partial charge in [0.25, 0.3) is 0 Å². The first-order valence-corrected chi connectivity index (χ1v) is 14.4. The monoisotopic (exact) mass is 578 g/mol. The molecular weight excluding hydrogens is 548 g/mol. The third-order valence-corrected chi connectivity index (χ3v) is 8.34. The van der Waals surface area contributed by atoms with Gasteiger partial charge in [-0.25, -0.2) is 23.4 Å². The minimum absolute atomic E-state index is 0.0936. The molecule has 0 spiro atoms. The van der Waals surface area contributed by atoms with Gasteiger partial charge < -0.3 is 20.1 Å². The number of Topliss-reactive ketones (excluding diaryl/α,β-unsaturated/α-hetero) is 1. The van der Waals surface area contributed by atoms with Crippen LogP contribution in [0, 0.1) is 0 Å². The number of rotatable bonds is 10. The van der Waals surface area contributed by atoms with Crippen LogP contribution in [0.5, 0.6) is 5.75 Å². The number of nitrogens with one attached hydrogen (secondary N) is 2. The lowest BCUT2D eigenvalue weighted by molar-refractivity contribution is 0.0730. The third-order valence-electron chi connectivity index (χ3n) is 6.45. The zero-order chi connectivity index (χ0) is 29.0. The van der Waals surface area contributed by atoms with Crippen molar-refractivity contribution in [2.24, 2.45) is 7.05 Å². The smallest absolute Gasteiger partial charge is 0.244 e. The number of aryl methyl sites for hydroxylation is 1. The average Bonchev–Trinajstić information content (AvgIpc) is 3.43. The molecule has 0 unspecified atom stereocenters. The summed E-state index contributed by atoms with van der Waals surface area (Å²) in [6, 6.07) is 10.3. The highest BCUT2D eigenvalue weighted by Crippen LogP contribution is 2.37. The molecule has 1 fully saturated rings. The molecule has 0 radical (unpaired) electrons. The van der Waals surface area contributed by atoms with Gasteiger partial charge in [0.05, 0.1) is 42.8 Å². The lowest BCUT2D eigenvalue weighted by Gasteiger charge is -2.25. The van der Waals surface area contributed by atoms with Crippen molar-refractivity contribution in [2.75, 3.05) is 44.0 Å². The molecule has 0 amide bonds. The molecule has 3 aromatic heterocycles. The number of methoxy groups -OCH3 is 1. The maximum Gasteiger partial charge on any atom is 0.244 e. The predicted molar refractivity (Wildman–Crippen MR) is 152 cm³/mol. The van der Waals surface area contributed by atoms with E-state index in [1.807, 2.05) is 18.2 Å². The van der Waals surface area contributed by atoms with Gasteiger partial charge in [0.1, 0.15) is 22.9 Å². The van der Waals surface area contributed by atoms with Crippen LogP contribution in [0.4, 0.5) is 23.0 Å². The molecule has 4 heterocycles. The highest BCUT2D eigenvalue weighted by molar-refractivity contribution is 7.89. The summed E-state index contributed by atoms with van der Waals surface area (Å²) in [4.78, 5) is 25.9. The summed E-state index contributed by atoms with van der Waals surface area (Å²) in [7, 11) is -0.325. The number of sulfonamides is 1. The molecule has 0 bridgehead atoms. The number of pyridine rings is 2. The number of morpholine rings is 1. The molecule has 13 nitrogen and oxygen atoms in total. The summed E-state index contributed by atoms with van der Waals surface area (Å²) in [5, 5.41) is 10.8. The largest absolute Gasteiger partial charge is 0.494 e. The average molecular weight is 579 g/mol. The van der Waals surface area contributed by atoms with Crippen molar-refractivity contribution < 1.29 is 22.7 Å². The zero-order valence-electron chi connectivity index (χ0n) is 22.9. The van der Waals surface area contributed by atoms with E-state index < -0.39 is 10.0 Å². The number of benzene rings is 1. The van der Waals surface area contributed by atoms with Gasteiger partial charge in [0.15, 0.2) is 17.4 Å². The second-order valence-electron chi connectivity index (χ2n) is 9.17. The van der Waals surface area contributed by atoms with E-state index in [-0.39, 0.29) is 10.7 Å². The van der Waals surface area contributed by atoms with Crippen molar-refractivity contribution in [1.29, 1.82) is 0 Å². The van der Waals surface area contributed by atoms with Crippen LogP contribution in [0.3, 0.4) is 0 Å². The van der Waals surface area contributed by atoms with Crippen molar-refractivity contribution in [3.8, 4) is 17.1 Å². The van der Waals surface area contributed by atoms with E-state index in [1.54, 1.807) is 44.2 Å². The Hall–Kier alpha value is -4.40. The van der Waals surface area contributed by atoms with Crippen LogP contribution in [0.15, 0.2) is 60.0 Å². The van der Waals surface area contributed by atoms with Crippen LogP contribution in [-0.4, -0.2) is 76.7 Å². The van der Waals surface area contributed by atoms with E-state index >= 15 is 0 Å². The van der Waals surface area contributed by atoms with Crippen molar-refractivity contribution >= 4 is 38.8 Å². The molecule has 1 saturated heterocycles. The van der Waals surface area contributed by atoms with E-state index in [9.17, 15) is 13.2 Å². The van der Waals surface area contributed by atoms with Gasteiger partial charge in [-0.1, -0.05) is 13.0 Å². The summed E-state index contributed by atoms with van der Waals surface area (Å²) >= 11 is 0. The summed E-state index contributed by atoms with van der Waals surface area (Å²) in [5.41, 5.74) is 2.20. The van der Waals surface area contributed by atoms with Crippen LogP contribution in [0.1, 0.15) is 23.7 Å². The molecule has 41 heavy (non-hydrogen) atoms. The molecule has 0 atom stereocenters. The van der Waals surface area contributed by atoms with Crippen LogP contribution in [-0.2, 0) is 21.8 Å². The molecule has 2 N–H and O–H groups in total. The summed E-state index contributed by atoms with van der Waals surface area (Å²) in [6.45, 7) is 3.11. The number of nitrogens with zero attached hydrogens (tertiary/aromatic N) is 6. The normalized spacial score (nSPS) is 14.0. The molecule has 1 aliphatic rings. The number of para-hydroxylation sites is 1. The van der Waals surface area contributed by atoms with E-state index in [4.69, 9.17) is 9.47 Å². The first kappa shape index (κ1) is 28.1. The zero-order valence-corrected chi connectivity index (χ0v) is 23.7. The van der Waals surface area contributed by atoms with Gasteiger partial charge in [0, 0.05) is 45.0 Å². The first-order chi connectivity index (χ1) is 19.8. The fraction of sp³-hybridized carbons (Fsp3) is 0.296. The molecule has 0 aliphatic carbocycles. The van der Waals surface area contributed by atoms with Gasteiger partial charge in [-0.2, -0.15) is 9.40 Å². The van der Waals surface area contributed by atoms with Crippen molar-refractivity contribution in [3.63, 3.8) is 0 Å². The Bertz CT molecular complexity index is 1650. The van der Waals surface area contributed by atoms with Crippen LogP contribution >= 0.6 is 0 Å². The standard InChI is InChI=1S/C27H30N8O5S/c1-4-23(36)20-16-29-25(32-24-9-8-18(15-28-24)41(37,38)35-10-12-40-13-11-35)14-22(20)31-21-7-5-6-19(26(21)39-3)27-30-17-34(2)33-27/h5-9,14-17H,4,10-13H2,1-3H3,(H2,28,29,31,32). The number of anilines is 4. The quantitative estimate of drug-likeness (QED) is 0.266. The molecule has 14 heteroatoms. The fourth-order valence-corrected chi connectivity index (χ4v) is 5.71. The van der Waals surface area contributed by atoms with Crippen molar-refractivity contribution in [3.05, 3.63) is 60.7 Å². The molecule has 1 aromatic carbocycles. The Balaban J connectivity index is 1.42. The van der Waals surface area contributed by atoms with E-state index in [0.29, 0.717) is 78.4 Å². The predicted octanol–water partition coefficient (Wildman–Crippen LogP) is 3.38. The third kappa shape index (κ3) is 6.04. The van der Waals surface area contributed by atoms with Gasteiger partial charge in [0.2, 0.25) is 10.0 Å². The minimum atomic E-state index is -3.66. The Morgan fingerprint density at radius 3 is 2.46 bits per heavy atom. The molecular formula is C27H30N8O5S. The number of ether oxygens (including phenoxy) is 2. The maximum atomic E-state index is 12.9. The highest BCUT2D eigenvalue weighted by Gasteiger charge is 2.26. The van der Waals surface area contributed by atoms with Gasteiger partial charge in [-0.3, -0.25) is 9.48 Å². The number of hydrogen-bond donors (Lipinski definition) is 2. The first-order valence-electron chi connectivity index (χ1n) is 12.9. The van der Waals surface area contributed by atoms with E-state index in [1.165, 1.54) is 22.8 Å². The van der Waals surface area contributed by atoms with Crippen molar-refractivity contribution in [1.82, 2.24) is 29.0 Å². The topological polar surface area (TPSA) is 153 Å². The summed E-state index contributed by atoms with van der Waals surface area (Å²) in [5.74, 6) is 1.71. The lowest BCUT2D eigenvalue weighted by Crippen LogP contribution is -2.40. The van der Waals surface area contributed by atoms with Gasteiger partial charge >= 0.3 is 0 Å². The number of aromatic nitrogens is 5. The lowest BCUT2D eigenvalue weighted by atomic mass is 10.1. The minimum Gasteiger partial charge on any atom is -0.494 e. The Morgan fingerprint density at radius 1 is 1.02 bits per heavy atom. The number of carbonyl (C=O) groups excluding carboxylic acids is 1. The van der Waals surface area contributed by atoms with Gasteiger partial charge in [-0.05, 0) is 24.3 Å². The fourth-order valence-electron chi connectivity index (χ4n) is 4.35. The van der Waals surface area contributed by atoms with Gasteiger partial charge in [-0.15, -0.1) is 0 Å². The summed E-state index contributed by atoms with van der Waals surface area (Å²) in [6.07, 6.45) is 4.69. The molecule has 5 rings (SSSR count). The second kappa shape index (κ2) is 12.0. The Morgan fingerprint density at radius 2 is 1.80 bits per heavy atom. The molecule has 214 valence electrons. The number of ketones is 1. The van der Waals surface area contributed by atoms with Crippen LogP contribution < -0.4 is 15.4 Å². The molecule has 4 aromatic rings. The summed E-state index contributed by atoms with van der Waals surface area (Å²) < 4.78 is 39.8. The Kier molecular flexibility index (Phi) is 8.23. The maximum absolute atomic E-state index is 12.9. The second-order valence-corrected chi connectivity index (χ2v) is 11.1. The Labute approximate surface area is 237 Å². The van der Waals surface area contributed by atoms with Crippen molar-refractivity contribution in [2.45, 2.75) is 18.2 Å². The van der Waals surface area contributed by atoms with Crippen LogP contribution in [0.25, 0.3) is 11.4 Å². The SMILES string of the molecule is CCC(=O)c1cnc(Nc2ccc(S(=O)(=O)N3CCOCC3)cn2)cc1Nc1cccc(-c2ncn(C)n2)c1OC. The number of carbonyl (C=O) groups is 1. The van der Waals surface area contributed by atoms with E-state index in [0.717, 1.165) is 0 Å². The molecule has 1 aliphatic heterocycles. The van der Waals surface area contributed by atoms with Crippen LogP contribution in [0.2, 0.25) is 0 Å². The highest BCUT2D eigenvalue weighted by atomic mass is 32.2. The molecule has 0 saturated carbocycles. The number of hydrogen-bond acceptors (Lipinski definition) is 11.